The van der Waals surface area contributed by atoms with Crippen LogP contribution in [0.1, 0.15) is 25.3 Å². The highest BCUT2D eigenvalue weighted by molar-refractivity contribution is 5.77. The van der Waals surface area contributed by atoms with Crippen LogP contribution in [0.5, 0.6) is 0 Å². The minimum Gasteiger partial charge on any atom is -0.399 e. The van der Waals surface area contributed by atoms with Gasteiger partial charge in [-0.3, -0.25) is 4.79 Å². The Kier molecular flexibility index (Phi) is 4.80. The van der Waals surface area contributed by atoms with E-state index in [4.69, 9.17) is 10.5 Å². The summed E-state index contributed by atoms with van der Waals surface area (Å²) in [6.45, 7) is 4.11. The van der Waals surface area contributed by atoms with Crippen molar-refractivity contribution in [3.63, 3.8) is 0 Å². The van der Waals surface area contributed by atoms with Crippen LogP contribution in [0, 0.1) is 0 Å². The third-order valence-electron chi connectivity index (χ3n) is 3.68. The number of hydrogen-bond acceptors (Lipinski definition) is 3. The molecule has 0 aromatic heterocycles. The minimum absolute atomic E-state index is 0.207. The summed E-state index contributed by atoms with van der Waals surface area (Å²) in [5, 5.41) is 0. The molecule has 0 saturated carbocycles. The smallest absolute Gasteiger partial charge is 0.223 e. The molecule has 4 heteroatoms. The molecule has 0 aliphatic carbocycles. The number of ether oxygens (including phenoxy) is 1. The zero-order chi connectivity index (χ0) is 13.7. The maximum absolute atomic E-state index is 12.3. The number of rotatable bonds is 4. The number of nitrogens with zero attached hydrogens (tertiary/aromatic N) is 1. The highest BCUT2D eigenvalue weighted by Gasteiger charge is 2.25. The van der Waals surface area contributed by atoms with Crippen LogP contribution in [0.3, 0.4) is 0 Å². The van der Waals surface area contributed by atoms with Crippen LogP contribution in [0.4, 0.5) is 5.69 Å². The first-order valence-corrected chi connectivity index (χ1v) is 6.93. The van der Waals surface area contributed by atoms with Gasteiger partial charge in [0.15, 0.2) is 0 Å². The van der Waals surface area contributed by atoms with Crippen molar-refractivity contribution in [2.24, 2.45) is 0 Å². The number of carbonyl (C=O) groups is 1. The van der Waals surface area contributed by atoms with Crippen molar-refractivity contribution in [1.29, 1.82) is 0 Å². The monoisotopic (exact) mass is 262 g/mol. The lowest BCUT2D eigenvalue weighted by atomic mass is 10.1. The second kappa shape index (κ2) is 6.57. The Labute approximate surface area is 114 Å². The van der Waals surface area contributed by atoms with Gasteiger partial charge in [-0.05, 0) is 24.5 Å². The van der Waals surface area contributed by atoms with Crippen molar-refractivity contribution >= 4 is 11.6 Å². The lowest BCUT2D eigenvalue weighted by molar-refractivity contribution is -0.139. The molecule has 19 heavy (non-hydrogen) atoms. The zero-order valence-corrected chi connectivity index (χ0v) is 11.5. The van der Waals surface area contributed by atoms with E-state index in [1.165, 1.54) is 0 Å². The Morgan fingerprint density at radius 2 is 2.26 bits per heavy atom. The molecule has 0 bridgehead atoms. The lowest BCUT2D eigenvalue weighted by Gasteiger charge is -2.35. The van der Waals surface area contributed by atoms with Crippen molar-refractivity contribution in [3.05, 3.63) is 29.8 Å². The van der Waals surface area contributed by atoms with Gasteiger partial charge in [0.25, 0.3) is 0 Å². The topological polar surface area (TPSA) is 55.6 Å². The lowest BCUT2D eigenvalue weighted by Crippen LogP contribution is -2.48. The second-order valence-corrected chi connectivity index (χ2v) is 4.92. The zero-order valence-electron chi connectivity index (χ0n) is 11.5. The predicted molar refractivity (Wildman–Crippen MR) is 75.8 cm³/mol. The quantitative estimate of drug-likeness (QED) is 0.842. The van der Waals surface area contributed by atoms with Gasteiger partial charge >= 0.3 is 0 Å². The fraction of sp³-hybridized carbons (Fsp3) is 0.533. The summed E-state index contributed by atoms with van der Waals surface area (Å²) in [5.74, 6) is 0.207. The molecule has 1 aliphatic rings. The number of nitrogen functional groups attached to an aromatic ring is 1. The minimum atomic E-state index is 0.207. The van der Waals surface area contributed by atoms with Gasteiger partial charge < -0.3 is 15.4 Å². The molecule has 1 heterocycles. The van der Waals surface area contributed by atoms with E-state index in [1.807, 2.05) is 29.2 Å². The first-order chi connectivity index (χ1) is 9.22. The molecule has 1 atom stereocenters. The molecule has 2 rings (SSSR count). The highest BCUT2D eigenvalue weighted by Crippen LogP contribution is 2.16. The van der Waals surface area contributed by atoms with E-state index in [9.17, 15) is 4.79 Å². The van der Waals surface area contributed by atoms with Crippen LogP contribution in [0.15, 0.2) is 24.3 Å². The van der Waals surface area contributed by atoms with Gasteiger partial charge in [0.2, 0.25) is 5.91 Å². The summed E-state index contributed by atoms with van der Waals surface area (Å²) in [6, 6.07) is 7.97. The fourth-order valence-corrected chi connectivity index (χ4v) is 2.47. The number of nitrogens with two attached hydrogens (primary N) is 1. The van der Waals surface area contributed by atoms with Gasteiger partial charge in [-0.2, -0.15) is 0 Å². The number of anilines is 1. The van der Waals surface area contributed by atoms with Crippen molar-refractivity contribution in [1.82, 2.24) is 4.90 Å². The molecular formula is C15H22N2O2. The number of amides is 1. The molecule has 1 aliphatic heterocycles. The molecule has 1 aromatic rings. The van der Waals surface area contributed by atoms with Gasteiger partial charge in [-0.25, -0.2) is 0 Å². The van der Waals surface area contributed by atoms with Crippen LogP contribution in [0.25, 0.3) is 0 Å². The van der Waals surface area contributed by atoms with Gasteiger partial charge in [0.05, 0.1) is 19.3 Å². The maximum Gasteiger partial charge on any atom is 0.223 e. The summed E-state index contributed by atoms with van der Waals surface area (Å²) in [7, 11) is 0. The predicted octanol–water partition coefficient (Wildman–Crippen LogP) is 1.84. The average Bonchev–Trinajstić information content (AvgIpc) is 2.46. The van der Waals surface area contributed by atoms with E-state index < -0.39 is 0 Å². The van der Waals surface area contributed by atoms with E-state index >= 15 is 0 Å². The van der Waals surface area contributed by atoms with Gasteiger partial charge in [0.1, 0.15) is 0 Å². The van der Waals surface area contributed by atoms with Crippen LogP contribution in [0.2, 0.25) is 0 Å². The summed E-state index contributed by atoms with van der Waals surface area (Å²) in [6.07, 6.45) is 2.17. The number of benzene rings is 1. The molecular weight excluding hydrogens is 240 g/mol. The van der Waals surface area contributed by atoms with Crippen LogP contribution < -0.4 is 5.73 Å². The summed E-state index contributed by atoms with van der Waals surface area (Å²) < 4.78 is 5.42. The number of para-hydroxylation sites is 1. The SMILES string of the molecule is CCC1COCCN1C(=O)CCc1ccccc1N. The molecule has 1 fully saturated rings. The second-order valence-electron chi connectivity index (χ2n) is 4.92. The van der Waals surface area contributed by atoms with Crippen molar-refractivity contribution < 1.29 is 9.53 Å². The Morgan fingerprint density at radius 3 is 3.00 bits per heavy atom. The molecule has 1 unspecified atom stereocenters. The maximum atomic E-state index is 12.3. The number of carbonyl (C=O) groups excluding carboxylic acids is 1. The van der Waals surface area contributed by atoms with E-state index in [0.29, 0.717) is 32.6 Å². The van der Waals surface area contributed by atoms with Crippen molar-refractivity contribution in [3.8, 4) is 0 Å². The molecule has 4 nitrogen and oxygen atoms in total. The number of hydrogen-bond donors (Lipinski definition) is 1. The molecule has 0 radical (unpaired) electrons. The van der Waals surface area contributed by atoms with Crippen molar-refractivity contribution in [2.45, 2.75) is 32.2 Å². The Morgan fingerprint density at radius 1 is 1.47 bits per heavy atom. The Balaban J connectivity index is 1.92. The molecule has 2 N–H and O–H groups in total. The summed E-state index contributed by atoms with van der Waals surface area (Å²) in [4.78, 5) is 14.2. The Bertz CT molecular complexity index is 434. The largest absolute Gasteiger partial charge is 0.399 e. The van der Waals surface area contributed by atoms with E-state index in [1.54, 1.807) is 0 Å². The number of aryl methyl sites for hydroxylation is 1. The van der Waals surface area contributed by atoms with Gasteiger partial charge in [0, 0.05) is 18.7 Å². The van der Waals surface area contributed by atoms with Gasteiger partial charge in [-0.15, -0.1) is 0 Å². The molecule has 1 amide bonds. The molecule has 0 spiro atoms. The van der Waals surface area contributed by atoms with E-state index in [2.05, 4.69) is 6.92 Å². The average molecular weight is 262 g/mol. The van der Waals surface area contributed by atoms with Crippen LogP contribution in [-0.4, -0.2) is 36.6 Å². The van der Waals surface area contributed by atoms with Crippen LogP contribution in [-0.2, 0) is 16.0 Å². The highest BCUT2D eigenvalue weighted by atomic mass is 16.5. The van der Waals surface area contributed by atoms with E-state index in [-0.39, 0.29) is 11.9 Å². The third kappa shape index (κ3) is 3.47. The fourth-order valence-electron chi connectivity index (χ4n) is 2.47. The number of morpholine rings is 1. The molecule has 1 saturated heterocycles. The van der Waals surface area contributed by atoms with E-state index in [0.717, 1.165) is 17.7 Å². The Hall–Kier alpha value is -1.55. The van der Waals surface area contributed by atoms with Crippen molar-refractivity contribution in [2.75, 3.05) is 25.5 Å². The normalized spacial score (nSPS) is 19.4. The van der Waals surface area contributed by atoms with Gasteiger partial charge in [-0.1, -0.05) is 25.1 Å². The standard InChI is InChI=1S/C15H22N2O2/c1-2-13-11-19-10-9-17(13)15(18)8-7-12-5-3-4-6-14(12)16/h3-6,13H,2,7-11,16H2,1H3. The molecule has 104 valence electrons. The third-order valence-corrected chi connectivity index (χ3v) is 3.68. The van der Waals surface area contributed by atoms with Crippen LogP contribution >= 0.6 is 0 Å². The first kappa shape index (κ1) is 13.9. The first-order valence-electron chi connectivity index (χ1n) is 6.93. The summed E-state index contributed by atoms with van der Waals surface area (Å²) >= 11 is 0. The summed E-state index contributed by atoms with van der Waals surface area (Å²) in [5.41, 5.74) is 7.71. The molecule has 1 aromatic carbocycles.